The van der Waals surface area contributed by atoms with Crippen LogP contribution in [0.3, 0.4) is 0 Å². The van der Waals surface area contributed by atoms with Gasteiger partial charge in [-0.25, -0.2) is 13.8 Å². The number of aromatic nitrogens is 3. The van der Waals surface area contributed by atoms with Crippen molar-refractivity contribution in [2.24, 2.45) is 5.92 Å². The predicted molar refractivity (Wildman–Crippen MR) is 125 cm³/mol. The zero-order valence-corrected chi connectivity index (χ0v) is 19.5. The zero-order valence-electron chi connectivity index (χ0n) is 18.7. The van der Waals surface area contributed by atoms with Gasteiger partial charge in [0, 0.05) is 30.9 Å². The third kappa shape index (κ3) is 5.38. The average molecular weight is 491 g/mol. The van der Waals surface area contributed by atoms with E-state index in [2.05, 4.69) is 20.6 Å². The summed E-state index contributed by atoms with van der Waals surface area (Å²) >= 11 is 1.16. The van der Waals surface area contributed by atoms with E-state index in [9.17, 15) is 23.2 Å². The van der Waals surface area contributed by atoms with Crippen molar-refractivity contribution in [2.75, 3.05) is 23.3 Å². The van der Waals surface area contributed by atoms with Gasteiger partial charge in [-0.1, -0.05) is 11.3 Å². The fourth-order valence-electron chi connectivity index (χ4n) is 3.83. The molecule has 9 nitrogen and oxygen atoms in total. The number of benzene rings is 1. The molecule has 1 aliphatic heterocycles. The highest BCUT2D eigenvalue weighted by Gasteiger charge is 2.28. The molecule has 1 saturated heterocycles. The number of carbonyl (C=O) groups excluding carboxylic acids is 2. The number of hydrogen-bond acceptors (Lipinski definition) is 7. The number of nitrogens with zero attached hydrogens (tertiary/aromatic N) is 4. The predicted octanol–water partition coefficient (Wildman–Crippen LogP) is 2.51. The number of carbonyl (C=O) groups is 2. The minimum absolute atomic E-state index is 0.00508. The summed E-state index contributed by atoms with van der Waals surface area (Å²) in [6.45, 7) is 4.67. The number of rotatable bonds is 6. The summed E-state index contributed by atoms with van der Waals surface area (Å²) in [6, 6.07) is 2.72. The lowest BCUT2D eigenvalue weighted by molar-refractivity contribution is -0.125. The lowest BCUT2D eigenvalue weighted by Crippen LogP contribution is -2.44. The first-order valence-corrected chi connectivity index (χ1v) is 11.7. The van der Waals surface area contributed by atoms with E-state index in [0.29, 0.717) is 24.3 Å². The van der Waals surface area contributed by atoms with Gasteiger partial charge < -0.3 is 15.5 Å². The van der Waals surface area contributed by atoms with Crippen LogP contribution in [-0.4, -0.2) is 45.5 Å². The summed E-state index contributed by atoms with van der Waals surface area (Å²) < 4.78 is 28.1. The van der Waals surface area contributed by atoms with Gasteiger partial charge in [-0.15, -0.1) is 0 Å². The van der Waals surface area contributed by atoms with Crippen molar-refractivity contribution in [1.29, 1.82) is 0 Å². The molecular weight excluding hydrogens is 466 g/mol. The lowest BCUT2D eigenvalue weighted by Gasteiger charge is -2.32. The van der Waals surface area contributed by atoms with Crippen molar-refractivity contribution in [3.05, 3.63) is 46.5 Å². The minimum Gasteiger partial charge on any atom is -0.354 e. The molecule has 2 aromatic heterocycles. The summed E-state index contributed by atoms with van der Waals surface area (Å²) in [6.07, 6.45) is 2.83. The molecule has 2 amide bonds. The van der Waals surface area contributed by atoms with E-state index >= 15 is 0 Å². The van der Waals surface area contributed by atoms with Gasteiger partial charge in [-0.2, -0.15) is 4.98 Å². The van der Waals surface area contributed by atoms with E-state index in [4.69, 9.17) is 0 Å². The molecule has 0 aliphatic carbocycles. The molecule has 1 unspecified atom stereocenters. The first kappa shape index (κ1) is 23.7. The van der Waals surface area contributed by atoms with Crippen molar-refractivity contribution in [3.8, 4) is 0 Å². The van der Waals surface area contributed by atoms with Crippen LogP contribution in [0.5, 0.6) is 0 Å². The van der Waals surface area contributed by atoms with Crippen molar-refractivity contribution >= 4 is 44.3 Å². The van der Waals surface area contributed by atoms with Crippen LogP contribution in [0.15, 0.2) is 29.3 Å². The van der Waals surface area contributed by atoms with Gasteiger partial charge in [0.1, 0.15) is 29.2 Å². The Bertz CT molecular complexity index is 1270. The summed E-state index contributed by atoms with van der Waals surface area (Å²) in [5, 5.41) is 5.91. The van der Waals surface area contributed by atoms with Gasteiger partial charge in [0.05, 0.1) is 5.92 Å². The molecule has 3 heterocycles. The Hall–Kier alpha value is -3.41. The second-order valence-corrected chi connectivity index (χ2v) is 9.46. The first-order valence-electron chi connectivity index (χ1n) is 10.9. The number of hydrogen-bond donors (Lipinski definition) is 2. The summed E-state index contributed by atoms with van der Waals surface area (Å²) in [5.74, 6) is -2.44. The van der Waals surface area contributed by atoms with Gasteiger partial charge in [-0.3, -0.25) is 19.0 Å². The largest absolute Gasteiger partial charge is 0.354 e. The number of nitrogens with one attached hydrogen (secondary N) is 2. The Morgan fingerprint density at radius 3 is 2.68 bits per heavy atom. The smallest absolute Gasteiger partial charge is 0.273 e. The fraction of sp³-hybridized carbons (Fsp3) is 0.409. The van der Waals surface area contributed by atoms with E-state index in [1.165, 1.54) is 6.33 Å². The quantitative estimate of drug-likeness (QED) is 0.550. The highest BCUT2D eigenvalue weighted by atomic mass is 32.1. The number of amides is 2. The van der Waals surface area contributed by atoms with E-state index in [0.717, 1.165) is 40.9 Å². The molecular formula is C22H24F2N6O3S. The molecule has 3 aromatic rings. The van der Waals surface area contributed by atoms with Crippen LogP contribution in [0, 0.1) is 17.6 Å². The zero-order chi connectivity index (χ0) is 24.4. The molecule has 4 rings (SSSR count). The lowest BCUT2D eigenvalue weighted by atomic mass is 9.97. The van der Waals surface area contributed by atoms with E-state index in [1.54, 1.807) is 0 Å². The molecule has 1 aliphatic rings. The van der Waals surface area contributed by atoms with Gasteiger partial charge in [-0.05, 0) is 38.8 Å². The third-order valence-corrected chi connectivity index (χ3v) is 6.42. The highest BCUT2D eigenvalue weighted by Crippen LogP contribution is 2.29. The van der Waals surface area contributed by atoms with Crippen LogP contribution in [0.25, 0.3) is 10.3 Å². The molecule has 180 valence electrons. The van der Waals surface area contributed by atoms with Crippen LogP contribution in [-0.2, 0) is 16.1 Å². The Balaban J connectivity index is 1.49. The highest BCUT2D eigenvalue weighted by molar-refractivity contribution is 7.22. The first-order chi connectivity index (χ1) is 16.2. The topological polar surface area (TPSA) is 109 Å². The van der Waals surface area contributed by atoms with Gasteiger partial charge >= 0.3 is 0 Å². The van der Waals surface area contributed by atoms with Crippen LogP contribution >= 0.6 is 11.3 Å². The standard InChI is InChI=1S/C22H24F2N6O3S/c1-12(2)26-20(32)13-4-3-5-29(9-13)22-28-19-18(34-22)21(33)30(11-25-19)10-17(31)27-16-7-14(23)6-15(24)8-16/h6-8,11-13H,3-5,9-10H2,1-2H3,(H,26,32)(H,27,31). The van der Waals surface area contributed by atoms with E-state index in [1.807, 2.05) is 18.7 Å². The van der Waals surface area contributed by atoms with Gasteiger partial charge in [0.25, 0.3) is 5.56 Å². The number of anilines is 2. The molecule has 0 radical (unpaired) electrons. The van der Waals surface area contributed by atoms with Crippen LogP contribution in [0.2, 0.25) is 0 Å². The SMILES string of the molecule is CC(C)NC(=O)C1CCCN(c2nc3ncn(CC(=O)Nc4cc(F)cc(F)c4)c(=O)c3s2)C1. The molecule has 1 atom stereocenters. The third-order valence-electron chi connectivity index (χ3n) is 5.33. The maximum absolute atomic E-state index is 13.3. The Labute approximate surface area is 197 Å². The van der Waals surface area contributed by atoms with Crippen molar-refractivity contribution in [3.63, 3.8) is 0 Å². The molecule has 12 heteroatoms. The van der Waals surface area contributed by atoms with Gasteiger partial charge in [0.2, 0.25) is 11.8 Å². The van der Waals surface area contributed by atoms with Crippen LogP contribution < -0.4 is 21.1 Å². The molecule has 34 heavy (non-hydrogen) atoms. The second kappa shape index (κ2) is 9.84. The van der Waals surface area contributed by atoms with Crippen LogP contribution in [0.1, 0.15) is 26.7 Å². The Kier molecular flexibility index (Phi) is 6.87. The van der Waals surface area contributed by atoms with Crippen molar-refractivity contribution < 1.29 is 18.4 Å². The van der Waals surface area contributed by atoms with Crippen molar-refractivity contribution in [2.45, 2.75) is 39.3 Å². The number of piperidine rings is 1. The number of thiazole rings is 1. The molecule has 1 fully saturated rings. The van der Waals surface area contributed by atoms with Crippen molar-refractivity contribution in [1.82, 2.24) is 19.9 Å². The average Bonchev–Trinajstić information content (AvgIpc) is 3.20. The molecule has 1 aromatic carbocycles. The molecule has 0 saturated carbocycles. The Morgan fingerprint density at radius 1 is 1.24 bits per heavy atom. The minimum atomic E-state index is -0.825. The maximum Gasteiger partial charge on any atom is 0.273 e. The van der Waals surface area contributed by atoms with Crippen LogP contribution in [0.4, 0.5) is 19.6 Å². The molecule has 0 bridgehead atoms. The summed E-state index contributed by atoms with van der Waals surface area (Å²) in [5.41, 5.74) is -0.228. The fourth-order valence-corrected chi connectivity index (χ4v) is 4.84. The van der Waals surface area contributed by atoms with Gasteiger partial charge in [0.15, 0.2) is 10.8 Å². The Morgan fingerprint density at radius 2 is 1.97 bits per heavy atom. The maximum atomic E-state index is 13.3. The number of fused-ring (bicyclic) bond motifs is 1. The molecule has 2 N–H and O–H groups in total. The van der Waals surface area contributed by atoms with E-state index < -0.39 is 23.1 Å². The molecule has 0 spiro atoms. The van der Waals surface area contributed by atoms with E-state index in [-0.39, 0.29) is 40.4 Å². The summed E-state index contributed by atoms with van der Waals surface area (Å²) in [7, 11) is 0. The second-order valence-electron chi connectivity index (χ2n) is 8.48. The number of halogens is 2. The normalized spacial score (nSPS) is 16.1. The summed E-state index contributed by atoms with van der Waals surface area (Å²) in [4.78, 5) is 48.3. The monoisotopic (exact) mass is 490 g/mol.